The molecule has 1 aliphatic heterocycles. The minimum atomic E-state index is 0.691. The number of rotatable bonds is 5. The molecular weight excluding hydrogens is 276 g/mol. The molecule has 1 saturated heterocycles. The molecule has 1 aliphatic rings. The molecule has 0 saturated carbocycles. The molecule has 1 aromatic heterocycles. The van der Waals surface area contributed by atoms with E-state index in [9.17, 15) is 0 Å². The maximum atomic E-state index is 3.57. The maximum absolute atomic E-state index is 3.57. The van der Waals surface area contributed by atoms with Crippen LogP contribution in [0, 0.1) is 5.92 Å². The topological polar surface area (TPSA) is 15.3 Å². The van der Waals surface area contributed by atoms with Crippen molar-refractivity contribution in [1.82, 2.24) is 10.2 Å². The van der Waals surface area contributed by atoms with E-state index >= 15 is 0 Å². The number of nitrogens with zero attached hydrogens (tertiary/aromatic N) is 1. The van der Waals surface area contributed by atoms with Gasteiger partial charge in [-0.25, -0.2) is 0 Å². The van der Waals surface area contributed by atoms with Crippen molar-refractivity contribution in [2.24, 2.45) is 5.92 Å². The van der Waals surface area contributed by atoms with Gasteiger partial charge in [-0.3, -0.25) is 0 Å². The van der Waals surface area contributed by atoms with Crippen molar-refractivity contribution in [3.8, 4) is 0 Å². The maximum Gasteiger partial charge on any atom is 0.0345 e. The Morgan fingerprint density at radius 3 is 2.95 bits per heavy atom. The molecule has 0 amide bonds. The van der Waals surface area contributed by atoms with Gasteiger partial charge in [-0.05, 0) is 81.2 Å². The highest BCUT2D eigenvalue weighted by molar-refractivity contribution is 7.17. The molecular formula is C18H26N2S. The lowest BCUT2D eigenvalue weighted by molar-refractivity contribution is 0.170. The first-order valence-corrected chi connectivity index (χ1v) is 8.96. The van der Waals surface area contributed by atoms with Crippen molar-refractivity contribution < 1.29 is 0 Å². The number of aryl methyl sites for hydroxylation is 1. The summed E-state index contributed by atoms with van der Waals surface area (Å²) in [7, 11) is 4.48. The Balaban J connectivity index is 1.69. The van der Waals surface area contributed by atoms with Crippen molar-refractivity contribution >= 4 is 21.4 Å². The van der Waals surface area contributed by atoms with Crippen molar-refractivity contribution in [2.45, 2.75) is 31.7 Å². The van der Waals surface area contributed by atoms with E-state index < -0.39 is 0 Å². The summed E-state index contributed by atoms with van der Waals surface area (Å²) in [6, 6.07) is 9.49. The van der Waals surface area contributed by atoms with Gasteiger partial charge in [-0.2, -0.15) is 0 Å². The number of fused-ring (bicyclic) bond motifs is 1. The SMILES string of the molecule is CN(C)C(CCc1csc2ccccc12)C1CCCNC1. The highest BCUT2D eigenvalue weighted by Gasteiger charge is 2.25. The first-order chi connectivity index (χ1) is 10.3. The fourth-order valence-corrected chi connectivity index (χ4v) is 4.65. The molecule has 1 fully saturated rings. The fourth-order valence-electron chi connectivity index (χ4n) is 3.65. The molecule has 0 bridgehead atoms. The fraction of sp³-hybridized carbons (Fsp3) is 0.556. The second-order valence-electron chi connectivity index (χ2n) is 6.43. The summed E-state index contributed by atoms with van der Waals surface area (Å²) in [6.07, 6.45) is 5.17. The number of piperidine rings is 1. The number of nitrogens with one attached hydrogen (secondary N) is 1. The first-order valence-electron chi connectivity index (χ1n) is 8.08. The predicted molar refractivity (Wildman–Crippen MR) is 93.2 cm³/mol. The van der Waals surface area contributed by atoms with Crippen LogP contribution in [0.4, 0.5) is 0 Å². The number of benzene rings is 1. The monoisotopic (exact) mass is 302 g/mol. The van der Waals surface area contributed by atoms with Crippen LogP contribution in [0.25, 0.3) is 10.1 Å². The van der Waals surface area contributed by atoms with Gasteiger partial charge in [0.1, 0.15) is 0 Å². The van der Waals surface area contributed by atoms with Gasteiger partial charge >= 0.3 is 0 Å². The third-order valence-electron chi connectivity index (χ3n) is 4.81. The zero-order chi connectivity index (χ0) is 14.7. The average Bonchev–Trinajstić information content (AvgIpc) is 2.92. The molecule has 3 heteroatoms. The third kappa shape index (κ3) is 3.47. The summed E-state index contributed by atoms with van der Waals surface area (Å²) in [5.41, 5.74) is 1.53. The van der Waals surface area contributed by atoms with Gasteiger partial charge in [-0.15, -0.1) is 11.3 Å². The van der Waals surface area contributed by atoms with Gasteiger partial charge in [0.2, 0.25) is 0 Å². The normalized spacial score (nSPS) is 21.0. The van der Waals surface area contributed by atoms with E-state index in [1.54, 1.807) is 0 Å². The third-order valence-corrected chi connectivity index (χ3v) is 5.83. The second kappa shape index (κ2) is 6.91. The molecule has 1 N–H and O–H groups in total. The molecule has 2 atom stereocenters. The predicted octanol–water partition coefficient (Wildman–Crippen LogP) is 3.76. The lowest BCUT2D eigenvalue weighted by atomic mass is 9.87. The molecule has 0 aliphatic carbocycles. The number of hydrogen-bond acceptors (Lipinski definition) is 3. The van der Waals surface area contributed by atoms with Crippen LogP contribution in [-0.2, 0) is 6.42 Å². The molecule has 3 rings (SSSR count). The van der Waals surface area contributed by atoms with E-state index in [-0.39, 0.29) is 0 Å². The number of hydrogen-bond donors (Lipinski definition) is 1. The first kappa shape index (κ1) is 15.0. The van der Waals surface area contributed by atoms with Crippen LogP contribution in [0.1, 0.15) is 24.8 Å². The lowest BCUT2D eigenvalue weighted by Crippen LogP contribution is -2.43. The lowest BCUT2D eigenvalue weighted by Gasteiger charge is -2.35. The summed E-state index contributed by atoms with van der Waals surface area (Å²) in [5.74, 6) is 0.804. The largest absolute Gasteiger partial charge is 0.316 e. The van der Waals surface area contributed by atoms with Gasteiger partial charge in [0.25, 0.3) is 0 Å². The molecule has 2 aromatic rings. The van der Waals surface area contributed by atoms with Gasteiger partial charge in [-0.1, -0.05) is 18.2 Å². The van der Waals surface area contributed by atoms with Gasteiger partial charge in [0.05, 0.1) is 0 Å². The van der Waals surface area contributed by atoms with Crippen molar-refractivity contribution in [1.29, 1.82) is 0 Å². The smallest absolute Gasteiger partial charge is 0.0345 e. The van der Waals surface area contributed by atoms with Crippen molar-refractivity contribution in [2.75, 3.05) is 27.2 Å². The molecule has 0 spiro atoms. The minimum Gasteiger partial charge on any atom is -0.316 e. The van der Waals surface area contributed by atoms with E-state index in [0.29, 0.717) is 6.04 Å². The standard InChI is InChI=1S/C18H26N2S/c1-20(2)17(14-6-5-11-19-12-14)10-9-15-13-21-18-8-4-3-7-16(15)18/h3-4,7-8,13-14,17,19H,5-6,9-12H2,1-2H3. The summed E-state index contributed by atoms with van der Waals surface area (Å²) in [5, 5.41) is 7.39. The van der Waals surface area contributed by atoms with E-state index in [0.717, 1.165) is 5.92 Å². The van der Waals surface area contributed by atoms with Crippen LogP contribution in [0.5, 0.6) is 0 Å². The Morgan fingerprint density at radius 1 is 1.33 bits per heavy atom. The summed E-state index contributed by atoms with van der Waals surface area (Å²) >= 11 is 1.88. The minimum absolute atomic E-state index is 0.691. The Kier molecular flexibility index (Phi) is 4.94. The van der Waals surface area contributed by atoms with Crippen LogP contribution in [-0.4, -0.2) is 38.1 Å². The number of thiophene rings is 1. The molecule has 114 valence electrons. The zero-order valence-electron chi connectivity index (χ0n) is 13.1. The zero-order valence-corrected chi connectivity index (χ0v) is 14.0. The average molecular weight is 302 g/mol. The Labute approximate surface area is 132 Å². The van der Waals surface area contributed by atoms with E-state index in [4.69, 9.17) is 0 Å². The molecule has 1 aromatic carbocycles. The van der Waals surface area contributed by atoms with Gasteiger partial charge in [0.15, 0.2) is 0 Å². The molecule has 21 heavy (non-hydrogen) atoms. The molecule has 2 nitrogen and oxygen atoms in total. The van der Waals surface area contributed by atoms with Gasteiger partial charge in [0, 0.05) is 10.7 Å². The highest BCUT2D eigenvalue weighted by atomic mass is 32.1. The molecule has 2 unspecified atom stereocenters. The van der Waals surface area contributed by atoms with Crippen molar-refractivity contribution in [3.63, 3.8) is 0 Å². The van der Waals surface area contributed by atoms with Crippen LogP contribution in [0.15, 0.2) is 29.6 Å². The van der Waals surface area contributed by atoms with Crippen molar-refractivity contribution in [3.05, 3.63) is 35.2 Å². The van der Waals surface area contributed by atoms with E-state index in [2.05, 4.69) is 54.0 Å². The molecule has 2 heterocycles. The Bertz CT molecular complexity index is 569. The van der Waals surface area contributed by atoms with Gasteiger partial charge < -0.3 is 10.2 Å². The Hall–Kier alpha value is -0.900. The highest BCUT2D eigenvalue weighted by Crippen LogP contribution is 2.28. The molecule has 0 radical (unpaired) electrons. The summed E-state index contributed by atoms with van der Waals surface area (Å²) < 4.78 is 1.42. The van der Waals surface area contributed by atoms with Crippen LogP contribution >= 0.6 is 11.3 Å². The quantitative estimate of drug-likeness (QED) is 0.904. The van der Waals surface area contributed by atoms with Crippen LogP contribution in [0.3, 0.4) is 0 Å². The van der Waals surface area contributed by atoms with Crippen LogP contribution in [0.2, 0.25) is 0 Å². The van der Waals surface area contributed by atoms with Crippen LogP contribution < -0.4 is 5.32 Å². The van der Waals surface area contributed by atoms with E-state index in [1.165, 1.54) is 54.4 Å². The summed E-state index contributed by atoms with van der Waals surface area (Å²) in [4.78, 5) is 2.44. The Morgan fingerprint density at radius 2 is 2.19 bits per heavy atom. The summed E-state index contributed by atoms with van der Waals surface area (Å²) in [6.45, 7) is 2.39. The van der Waals surface area contributed by atoms with E-state index in [1.807, 2.05) is 11.3 Å². The second-order valence-corrected chi connectivity index (χ2v) is 7.34.